The number of hydrogen-bond donors (Lipinski definition) is 0. The lowest BCUT2D eigenvalue weighted by Crippen LogP contribution is -2.43. The third-order valence-corrected chi connectivity index (χ3v) is 9.28. The number of methoxy groups -OCH3 is 2. The maximum Gasteiger partial charge on any atom is 0.271 e. The Hall–Kier alpha value is -3.21. The van der Waals surface area contributed by atoms with Crippen molar-refractivity contribution in [3.63, 3.8) is 0 Å². The molecule has 2 heterocycles. The molecule has 0 saturated carbocycles. The SMILES string of the molecule is CCN(CC)C(=O)C1=C(C)N=c2s/c(=C/c3cc(Br)cc(Br)c3OC)c(=O)n2[C@H]1c1c(OC)ccc2ccccc12. The summed E-state index contributed by atoms with van der Waals surface area (Å²) >= 11 is 8.37. The highest BCUT2D eigenvalue weighted by atomic mass is 79.9. The summed E-state index contributed by atoms with van der Waals surface area (Å²) in [5, 5.41) is 1.89. The van der Waals surface area contributed by atoms with Crippen LogP contribution >= 0.6 is 43.2 Å². The molecule has 1 aliphatic heterocycles. The van der Waals surface area contributed by atoms with Gasteiger partial charge in [0.05, 0.1) is 34.5 Å². The van der Waals surface area contributed by atoms with Crippen LogP contribution in [0.1, 0.15) is 37.9 Å². The molecule has 1 atom stereocenters. The number of hydrogen-bond acceptors (Lipinski definition) is 6. The molecule has 1 aliphatic rings. The van der Waals surface area contributed by atoms with Crippen LogP contribution in [0.5, 0.6) is 11.5 Å². The molecule has 41 heavy (non-hydrogen) atoms. The Balaban J connectivity index is 1.87. The van der Waals surface area contributed by atoms with Crippen LogP contribution in [0.15, 0.2) is 78.5 Å². The van der Waals surface area contributed by atoms with Gasteiger partial charge in [-0.1, -0.05) is 57.6 Å². The van der Waals surface area contributed by atoms with E-state index in [0.29, 0.717) is 45.2 Å². The fraction of sp³-hybridized carbons (Fsp3) is 0.258. The Bertz CT molecular complexity index is 1890. The highest BCUT2D eigenvalue weighted by molar-refractivity contribution is 9.11. The summed E-state index contributed by atoms with van der Waals surface area (Å²) in [6.07, 6.45) is 1.81. The topological polar surface area (TPSA) is 73.1 Å². The molecule has 5 rings (SSSR count). The molecule has 1 amide bonds. The predicted octanol–water partition coefficient (Wildman–Crippen LogP) is 5.80. The summed E-state index contributed by atoms with van der Waals surface area (Å²) < 4.78 is 15.2. The van der Waals surface area contributed by atoms with E-state index in [1.165, 1.54) is 11.3 Å². The normalized spacial score (nSPS) is 15.1. The van der Waals surface area contributed by atoms with Crippen LogP contribution in [-0.2, 0) is 4.79 Å². The number of halogens is 2. The third kappa shape index (κ3) is 5.17. The first-order valence-corrected chi connectivity index (χ1v) is 15.5. The third-order valence-electron chi connectivity index (χ3n) is 7.25. The van der Waals surface area contributed by atoms with Crippen LogP contribution in [0.3, 0.4) is 0 Å². The number of nitrogens with zero attached hydrogens (tertiary/aromatic N) is 3. The lowest BCUT2D eigenvalue weighted by molar-refractivity contribution is -0.127. The molecular weight excluding hydrogens is 670 g/mol. The van der Waals surface area contributed by atoms with Gasteiger partial charge >= 0.3 is 0 Å². The van der Waals surface area contributed by atoms with E-state index >= 15 is 0 Å². The summed E-state index contributed by atoms with van der Waals surface area (Å²) in [5.74, 6) is 1.06. The van der Waals surface area contributed by atoms with Crippen molar-refractivity contribution < 1.29 is 14.3 Å². The Kier molecular flexibility index (Phi) is 8.54. The molecule has 1 aromatic heterocycles. The molecule has 0 radical (unpaired) electrons. The predicted molar refractivity (Wildman–Crippen MR) is 171 cm³/mol. The zero-order chi connectivity index (χ0) is 29.4. The van der Waals surface area contributed by atoms with E-state index in [4.69, 9.17) is 14.5 Å². The van der Waals surface area contributed by atoms with Gasteiger partial charge in [-0.3, -0.25) is 14.2 Å². The number of benzene rings is 3. The van der Waals surface area contributed by atoms with Gasteiger partial charge in [0.15, 0.2) is 4.80 Å². The minimum Gasteiger partial charge on any atom is -0.496 e. The minimum absolute atomic E-state index is 0.150. The number of ether oxygens (including phenoxy) is 2. The minimum atomic E-state index is -0.737. The highest BCUT2D eigenvalue weighted by Gasteiger charge is 2.36. The Morgan fingerprint density at radius 1 is 1.10 bits per heavy atom. The van der Waals surface area contributed by atoms with Gasteiger partial charge in [-0.05, 0) is 71.7 Å². The van der Waals surface area contributed by atoms with E-state index in [-0.39, 0.29) is 11.5 Å². The smallest absolute Gasteiger partial charge is 0.271 e. The van der Waals surface area contributed by atoms with Crippen molar-refractivity contribution >= 4 is 66.0 Å². The van der Waals surface area contributed by atoms with Gasteiger partial charge in [0.2, 0.25) is 0 Å². The maximum atomic E-state index is 14.3. The zero-order valence-electron chi connectivity index (χ0n) is 23.3. The Labute approximate surface area is 258 Å². The Morgan fingerprint density at radius 3 is 2.51 bits per heavy atom. The van der Waals surface area contributed by atoms with Gasteiger partial charge in [-0.25, -0.2) is 4.99 Å². The molecule has 7 nitrogen and oxygen atoms in total. The van der Waals surface area contributed by atoms with Crippen molar-refractivity contribution in [2.75, 3.05) is 27.3 Å². The second-order valence-electron chi connectivity index (χ2n) is 9.47. The molecule has 0 unspecified atom stereocenters. The van der Waals surface area contributed by atoms with Gasteiger partial charge in [0, 0.05) is 28.7 Å². The summed E-state index contributed by atoms with van der Waals surface area (Å²) in [7, 11) is 3.20. The fourth-order valence-electron chi connectivity index (χ4n) is 5.33. The molecule has 0 spiro atoms. The van der Waals surface area contributed by atoms with Crippen molar-refractivity contribution in [3.8, 4) is 11.5 Å². The van der Waals surface area contributed by atoms with E-state index < -0.39 is 6.04 Å². The average Bonchev–Trinajstić information content (AvgIpc) is 3.26. The van der Waals surface area contributed by atoms with E-state index in [1.54, 1.807) is 29.8 Å². The van der Waals surface area contributed by atoms with Crippen molar-refractivity contribution in [1.29, 1.82) is 0 Å². The number of carbonyl (C=O) groups is 1. The molecule has 0 bridgehead atoms. The highest BCUT2D eigenvalue weighted by Crippen LogP contribution is 2.40. The van der Waals surface area contributed by atoms with Crippen LogP contribution in [0.2, 0.25) is 0 Å². The second-order valence-corrected chi connectivity index (χ2v) is 12.3. The Morgan fingerprint density at radius 2 is 1.83 bits per heavy atom. The van der Waals surface area contributed by atoms with Gasteiger partial charge in [0.25, 0.3) is 11.5 Å². The van der Waals surface area contributed by atoms with Crippen LogP contribution < -0.4 is 24.4 Å². The standard InChI is InChI=1S/C31H29Br2N3O4S/c1-6-35(7-2)30(38)25-17(3)34-31-36(27(25)26-21-11-9-8-10-18(21)12-13-23(26)39-4)29(37)24(41-31)15-19-14-20(32)16-22(33)28(19)40-5/h8-16,27H,6-7H2,1-5H3/b24-15+/t27-/m1/s1. The summed E-state index contributed by atoms with van der Waals surface area (Å²) in [5.41, 5.74) is 2.28. The van der Waals surface area contributed by atoms with Crippen LogP contribution in [-0.4, -0.2) is 42.7 Å². The van der Waals surface area contributed by atoms with E-state index in [0.717, 1.165) is 30.8 Å². The summed E-state index contributed by atoms with van der Waals surface area (Å²) in [4.78, 5) is 35.5. The molecular formula is C31H29Br2N3O4S. The number of carbonyl (C=O) groups excluding carboxylic acids is 1. The monoisotopic (exact) mass is 697 g/mol. The summed E-state index contributed by atoms with van der Waals surface area (Å²) in [6.45, 7) is 6.81. The van der Waals surface area contributed by atoms with E-state index in [9.17, 15) is 9.59 Å². The molecule has 0 N–H and O–H groups in total. The van der Waals surface area contributed by atoms with Crippen molar-refractivity contribution in [1.82, 2.24) is 9.47 Å². The number of fused-ring (bicyclic) bond motifs is 2. The average molecular weight is 699 g/mol. The first kappa shape index (κ1) is 29.3. The number of likely N-dealkylation sites (N-methyl/N-ethyl adjacent to an activating group) is 1. The van der Waals surface area contributed by atoms with Crippen molar-refractivity contribution in [3.05, 3.63) is 99.6 Å². The molecule has 0 aliphatic carbocycles. The van der Waals surface area contributed by atoms with Gasteiger partial charge < -0.3 is 14.4 Å². The first-order valence-electron chi connectivity index (χ1n) is 13.1. The van der Waals surface area contributed by atoms with E-state index in [1.807, 2.05) is 69.3 Å². The lowest BCUT2D eigenvalue weighted by atomic mass is 9.90. The zero-order valence-corrected chi connectivity index (χ0v) is 27.3. The number of allylic oxidation sites excluding steroid dienone is 1. The second kappa shape index (κ2) is 12.0. The van der Waals surface area contributed by atoms with E-state index in [2.05, 4.69) is 31.9 Å². The van der Waals surface area contributed by atoms with Crippen molar-refractivity contribution in [2.45, 2.75) is 26.8 Å². The quantitative estimate of drug-likeness (QED) is 0.245. The molecule has 4 aromatic rings. The molecule has 212 valence electrons. The van der Waals surface area contributed by atoms with Crippen LogP contribution in [0.4, 0.5) is 0 Å². The van der Waals surface area contributed by atoms with Gasteiger partial charge in [0.1, 0.15) is 17.5 Å². The number of aromatic nitrogens is 1. The first-order chi connectivity index (χ1) is 19.7. The molecule has 0 fully saturated rings. The van der Waals surface area contributed by atoms with Crippen LogP contribution in [0.25, 0.3) is 16.8 Å². The van der Waals surface area contributed by atoms with Gasteiger partial charge in [-0.15, -0.1) is 0 Å². The maximum absolute atomic E-state index is 14.3. The number of rotatable bonds is 7. The van der Waals surface area contributed by atoms with Gasteiger partial charge in [-0.2, -0.15) is 0 Å². The largest absolute Gasteiger partial charge is 0.496 e. The summed E-state index contributed by atoms with van der Waals surface area (Å²) in [6, 6.07) is 14.9. The number of amides is 1. The van der Waals surface area contributed by atoms with Crippen molar-refractivity contribution in [2.24, 2.45) is 4.99 Å². The molecule has 3 aromatic carbocycles. The van der Waals surface area contributed by atoms with Crippen LogP contribution in [0, 0.1) is 0 Å². The molecule has 10 heteroatoms. The lowest BCUT2D eigenvalue weighted by Gasteiger charge is -2.30. The fourth-order valence-corrected chi connectivity index (χ4v) is 7.79. The number of thiazole rings is 1. The molecule has 0 saturated heterocycles.